The van der Waals surface area contributed by atoms with Gasteiger partial charge >= 0.3 is 5.97 Å². The van der Waals surface area contributed by atoms with E-state index in [1.165, 1.54) is 5.56 Å². The summed E-state index contributed by atoms with van der Waals surface area (Å²) in [5, 5.41) is 0. The van der Waals surface area contributed by atoms with Crippen LogP contribution in [0, 0.1) is 6.92 Å². The van der Waals surface area contributed by atoms with E-state index in [2.05, 4.69) is 0 Å². The molecular weight excluding hydrogens is 216 g/mol. The first-order valence-corrected chi connectivity index (χ1v) is 5.99. The van der Waals surface area contributed by atoms with Crippen LogP contribution < -0.4 is 0 Å². The molecule has 2 atom stereocenters. The molecule has 1 saturated heterocycles. The van der Waals surface area contributed by atoms with E-state index < -0.39 is 11.7 Å². The van der Waals surface area contributed by atoms with Gasteiger partial charge in [0.25, 0.3) is 0 Å². The standard InChI is InChI=1S/C14H18O3/c1-4-9-16-13(15)12-14(3,17-12)11-7-5-10(2)6-8-11/h5-8,12H,4,9H2,1-3H3/t12-,14+/m1/s1. The van der Waals surface area contributed by atoms with Gasteiger partial charge in [-0.15, -0.1) is 0 Å². The van der Waals surface area contributed by atoms with Gasteiger partial charge in [0, 0.05) is 0 Å². The SMILES string of the molecule is CCCOC(=O)[C@H]1O[C@@]1(C)c1ccc(C)cc1. The van der Waals surface area contributed by atoms with Gasteiger partial charge in [-0.3, -0.25) is 0 Å². The fourth-order valence-electron chi connectivity index (χ4n) is 1.87. The van der Waals surface area contributed by atoms with E-state index in [1.54, 1.807) is 0 Å². The summed E-state index contributed by atoms with van der Waals surface area (Å²) in [6.45, 7) is 6.39. The monoisotopic (exact) mass is 234 g/mol. The van der Waals surface area contributed by atoms with Crippen molar-refractivity contribution in [3.63, 3.8) is 0 Å². The molecule has 0 aromatic heterocycles. The van der Waals surface area contributed by atoms with Crippen LogP contribution in [0.4, 0.5) is 0 Å². The summed E-state index contributed by atoms with van der Waals surface area (Å²) in [5.74, 6) is -0.255. The van der Waals surface area contributed by atoms with Crippen molar-refractivity contribution in [1.82, 2.24) is 0 Å². The quantitative estimate of drug-likeness (QED) is 0.593. The molecule has 0 spiro atoms. The number of carbonyl (C=O) groups excluding carboxylic acids is 1. The maximum atomic E-state index is 11.7. The molecule has 92 valence electrons. The maximum absolute atomic E-state index is 11.7. The number of carbonyl (C=O) groups is 1. The Kier molecular flexibility index (Phi) is 3.20. The summed E-state index contributed by atoms with van der Waals surface area (Å²) < 4.78 is 10.6. The number of ether oxygens (including phenoxy) is 2. The minimum atomic E-state index is -0.501. The third-order valence-electron chi connectivity index (χ3n) is 3.09. The van der Waals surface area contributed by atoms with Crippen LogP contribution in [0.3, 0.4) is 0 Å². The van der Waals surface area contributed by atoms with Gasteiger partial charge in [0.2, 0.25) is 0 Å². The molecule has 0 bridgehead atoms. The highest BCUT2D eigenvalue weighted by molar-refractivity contribution is 5.79. The Balaban J connectivity index is 2.04. The van der Waals surface area contributed by atoms with Crippen molar-refractivity contribution in [1.29, 1.82) is 0 Å². The summed E-state index contributed by atoms with van der Waals surface area (Å²) in [4.78, 5) is 11.7. The van der Waals surface area contributed by atoms with Gasteiger partial charge in [0.1, 0.15) is 5.60 Å². The van der Waals surface area contributed by atoms with Crippen LogP contribution in [0.5, 0.6) is 0 Å². The number of esters is 1. The van der Waals surface area contributed by atoms with Crippen molar-refractivity contribution in [2.45, 2.75) is 38.9 Å². The minimum Gasteiger partial charge on any atom is -0.464 e. The highest BCUT2D eigenvalue weighted by Crippen LogP contribution is 2.46. The molecule has 1 heterocycles. The van der Waals surface area contributed by atoms with Gasteiger partial charge in [-0.1, -0.05) is 36.8 Å². The Hall–Kier alpha value is -1.35. The Labute approximate surface area is 102 Å². The van der Waals surface area contributed by atoms with Crippen LogP contribution in [-0.4, -0.2) is 18.7 Å². The molecule has 0 saturated carbocycles. The maximum Gasteiger partial charge on any atom is 0.338 e. The molecule has 3 nitrogen and oxygen atoms in total. The second-order valence-electron chi connectivity index (χ2n) is 4.64. The number of hydrogen-bond donors (Lipinski definition) is 0. The molecule has 1 aromatic rings. The second kappa shape index (κ2) is 4.49. The average molecular weight is 234 g/mol. The van der Waals surface area contributed by atoms with Gasteiger partial charge in [-0.05, 0) is 25.8 Å². The number of rotatable bonds is 4. The first kappa shape index (κ1) is 12.1. The van der Waals surface area contributed by atoms with Crippen molar-refractivity contribution in [2.75, 3.05) is 6.61 Å². The molecule has 1 aliphatic heterocycles. The lowest BCUT2D eigenvalue weighted by Gasteiger charge is -2.07. The van der Waals surface area contributed by atoms with E-state index in [9.17, 15) is 4.79 Å². The lowest BCUT2D eigenvalue weighted by atomic mass is 9.96. The number of hydrogen-bond acceptors (Lipinski definition) is 3. The number of aryl methyl sites for hydroxylation is 1. The summed E-state index contributed by atoms with van der Waals surface area (Å²) in [6, 6.07) is 8.05. The second-order valence-corrected chi connectivity index (χ2v) is 4.64. The van der Waals surface area contributed by atoms with Crippen molar-refractivity contribution in [3.05, 3.63) is 35.4 Å². The molecule has 1 fully saturated rings. The first-order chi connectivity index (χ1) is 8.08. The van der Waals surface area contributed by atoms with Crippen LogP contribution in [0.1, 0.15) is 31.4 Å². The Bertz CT molecular complexity index is 410. The van der Waals surface area contributed by atoms with Crippen molar-refractivity contribution >= 4 is 5.97 Å². The highest BCUT2D eigenvalue weighted by Gasteiger charge is 2.59. The molecule has 0 unspecified atom stereocenters. The van der Waals surface area contributed by atoms with E-state index in [1.807, 2.05) is 45.0 Å². The molecule has 0 N–H and O–H groups in total. The van der Waals surface area contributed by atoms with Crippen LogP contribution in [-0.2, 0) is 19.9 Å². The predicted molar refractivity (Wildman–Crippen MR) is 64.7 cm³/mol. The van der Waals surface area contributed by atoms with Crippen molar-refractivity contribution in [3.8, 4) is 0 Å². The van der Waals surface area contributed by atoms with E-state index in [0.717, 1.165) is 12.0 Å². The molecule has 3 heteroatoms. The smallest absolute Gasteiger partial charge is 0.338 e. The summed E-state index contributed by atoms with van der Waals surface area (Å²) >= 11 is 0. The van der Waals surface area contributed by atoms with Crippen LogP contribution in [0.15, 0.2) is 24.3 Å². The topological polar surface area (TPSA) is 38.8 Å². The van der Waals surface area contributed by atoms with Gasteiger partial charge in [-0.2, -0.15) is 0 Å². The third kappa shape index (κ3) is 2.34. The van der Waals surface area contributed by atoms with Crippen molar-refractivity contribution < 1.29 is 14.3 Å². The van der Waals surface area contributed by atoms with Crippen molar-refractivity contribution in [2.24, 2.45) is 0 Å². The normalized spacial score (nSPS) is 26.6. The van der Waals surface area contributed by atoms with Crippen LogP contribution in [0.25, 0.3) is 0 Å². The minimum absolute atomic E-state index is 0.255. The van der Waals surface area contributed by atoms with Gasteiger partial charge < -0.3 is 9.47 Å². The summed E-state index contributed by atoms with van der Waals surface area (Å²) in [5.41, 5.74) is 1.73. The van der Waals surface area contributed by atoms with E-state index in [0.29, 0.717) is 6.61 Å². The van der Waals surface area contributed by atoms with E-state index in [4.69, 9.17) is 9.47 Å². The average Bonchev–Trinajstić information content (AvgIpc) is 3.01. The molecule has 17 heavy (non-hydrogen) atoms. The van der Waals surface area contributed by atoms with E-state index >= 15 is 0 Å². The molecular formula is C14H18O3. The lowest BCUT2D eigenvalue weighted by Crippen LogP contribution is -2.19. The Morgan fingerprint density at radius 3 is 2.65 bits per heavy atom. The molecule has 1 aromatic carbocycles. The summed E-state index contributed by atoms with van der Waals surface area (Å²) in [7, 11) is 0. The fraction of sp³-hybridized carbons (Fsp3) is 0.500. The number of benzene rings is 1. The molecule has 0 radical (unpaired) electrons. The zero-order chi connectivity index (χ0) is 12.5. The molecule has 0 aliphatic carbocycles. The molecule has 1 aliphatic rings. The molecule has 0 amide bonds. The van der Waals surface area contributed by atoms with Gasteiger partial charge in [0.15, 0.2) is 6.10 Å². The van der Waals surface area contributed by atoms with E-state index in [-0.39, 0.29) is 5.97 Å². The zero-order valence-electron chi connectivity index (χ0n) is 10.5. The Morgan fingerprint density at radius 2 is 2.06 bits per heavy atom. The zero-order valence-corrected chi connectivity index (χ0v) is 10.5. The van der Waals surface area contributed by atoms with Crippen LogP contribution >= 0.6 is 0 Å². The van der Waals surface area contributed by atoms with Gasteiger partial charge in [-0.25, -0.2) is 4.79 Å². The largest absolute Gasteiger partial charge is 0.464 e. The predicted octanol–water partition coefficient (Wildman–Crippen LogP) is 2.56. The first-order valence-electron chi connectivity index (χ1n) is 5.99. The third-order valence-corrected chi connectivity index (χ3v) is 3.09. The highest BCUT2D eigenvalue weighted by atomic mass is 16.7. The number of epoxide rings is 1. The van der Waals surface area contributed by atoms with Crippen LogP contribution in [0.2, 0.25) is 0 Å². The lowest BCUT2D eigenvalue weighted by molar-refractivity contribution is -0.145. The fourth-order valence-corrected chi connectivity index (χ4v) is 1.87. The molecule has 2 rings (SSSR count). The van der Waals surface area contributed by atoms with Gasteiger partial charge in [0.05, 0.1) is 6.61 Å². The summed E-state index contributed by atoms with van der Waals surface area (Å²) in [6.07, 6.45) is 0.386. The Morgan fingerprint density at radius 1 is 1.41 bits per heavy atom.